The van der Waals surface area contributed by atoms with Crippen LogP contribution in [0.15, 0.2) is 14.7 Å². The van der Waals surface area contributed by atoms with Gasteiger partial charge in [-0.25, -0.2) is 26.3 Å². The molecule has 3 rings (SSSR count). The van der Waals surface area contributed by atoms with Gasteiger partial charge in [0.15, 0.2) is 66.8 Å². The molecule has 0 bridgehead atoms. The van der Waals surface area contributed by atoms with E-state index in [1.807, 2.05) is 0 Å². The molecule has 0 aliphatic heterocycles. The first-order valence-corrected chi connectivity index (χ1v) is 17.2. The van der Waals surface area contributed by atoms with Gasteiger partial charge in [0.2, 0.25) is 34.9 Å². The van der Waals surface area contributed by atoms with Gasteiger partial charge in [0.1, 0.15) is 19.8 Å². The highest BCUT2D eigenvalue weighted by atomic mass is 32.2. The van der Waals surface area contributed by atoms with Crippen molar-refractivity contribution in [3.63, 3.8) is 0 Å². The Balaban J connectivity index is 1.89. The number of rotatable bonds is 15. The number of halogens is 12. The summed E-state index contributed by atoms with van der Waals surface area (Å²) in [5.41, 5.74) is 0. The Morgan fingerprint density at radius 3 is 0.692 bits per heavy atom. The molecule has 28 heteroatoms. The molecule has 0 atom stereocenters. The van der Waals surface area contributed by atoms with Crippen LogP contribution in [0.4, 0.5) is 52.7 Å². The number of hydrogen-bond donors (Lipinski definition) is 3. The van der Waals surface area contributed by atoms with Gasteiger partial charge in [0.05, 0.1) is 0 Å². The fourth-order valence-electron chi connectivity index (χ4n) is 4.00. The first-order chi connectivity index (χ1) is 23.7. The summed E-state index contributed by atoms with van der Waals surface area (Å²) < 4.78 is 277. The summed E-state index contributed by atoms with van der Waals surface area (Å²) in [7, 11) is -17.6. The molecule has 3 aromatic rings. The molecule has 0 saturated carbocycles. The van der Waals surface area contributed by atoms with Gasteiger partial charge in [-0.2, -0.15) is 51.6 Å². The van der Waals surface area contributed by atoms with Crippen molar-refractivity contribution in [1.29, 1.82) is 0 Å². The smallest absolute Gasteiger partial charge is 0.300 e. The van der Waals surface area contributed by atoms with Crippen molar-refractivity contribution < 1.29 is 106 Å². The van der Waals surface area contributed by atoms with E-state index in [1.165, 1.54) is 0 Å². The molecule has 0 heterocycles. The van der Waals surface area contributed by atoms with E-state index in [0.717, 1.165) is 4.90 Å². The minimum atomic E-state index is -5.88. The van der Waals surface area contributed by atoms with E-state index in [0.29, 0.717) is 0 Å². The lowest BCUT2D eigenvalue weighted by atomic mass is 10.3. The third-order valence-corrected chi connectivity index (χ3v) is 8.91. The maximum absolute atomic E-state index is 14.3. The van der Waals surface area contributed by atoms with Gasteiger partial charge < -0.3 is 14.2 Å². The lowest BCUT2D eigenvalue weighted by Crippen LogP contribution is -2.36. The predicted molar refractivity (Wildman–Crippen MR) is 141 cm³/mol. The van der Waals surface area contributed by atoms with Crippen molar-refractivity contribution in [3.8, 4) is 17.2 Å². The molecular weight excluding hydrogens is 818 g/mol. The monoisotopic (exact) mass is 833 g/mol. The standard InChI is InChI=1S/C24H15F12NO12S3/c25-7-13(31)22(50(38,39)40)14(32)8(26)19(7)47-4-1-37(2-5-48-20-9(27)15(33)23(51(41,42)43)16(34)10(20)28)3-6-49-21-11(29)17(35)24(52(44,45)46)18(36)12(21)30/h1-6H2,(H,38,39,40)(H,41,42,43)(H,44,45,46). The highest BCUT2D eigenvalue weighted by Gasteiger charge is 2.36. The quantitative estimate of drug-likeness (QED) is 0.113. The van der Waals surface area contributed by atoms with Gasteiger partial charge in [-0.1, -0.05) is 0 Å². The second kappa shape index (κ2) is 15.5. The molecule has 0 saturated heterocycles. The number of nitrogens with zero attached hydrogens (tertiary/aromatic N) is 1. The minimum Gasteiger partial charge on any atom is -0.486 e. The Labute approximate surface area is 282 Å². The Morgan fingerprint density at radius 1 is 0.365 bits per heavy atom. The lowest BCUT2D eigenvalue weighted by Gasteiger charge is -2.23. The minimum absolute atomic E-state index is 0.735. The van der Waals surface area contributed by atoms with E-state index in [1.54, 1.807) is 0 Å². The summed E-state index contributed by atoms with van der Waals surface area (Å²) >= 11 is 0. The van der Waals surface area contributed by atoms with Gasteiger partial charge in [-0.05, 0) is 0 Å². The third kappa shape index (κ3) is 8.58. The van der Waals surface area contributed by atoms with E-state index >= 15 is 0 Å². The van der Waals surface area contributed by atoms with Crippen LogP contribution in [-0.4, -0.2) is 83.3 Å². The van der Waals surface area contributed by atoms with E-state index in [4.69, 9.17) is 13.7 Å². The van der Waals surface area contributed by atoms with E-state index in [-0.39, 0.29) is 0 Å². The Hall–Kier alpha value is -4.09. The molecule has 0 aliphatic rings. The van der Waals surface area contributed by atoms with Crippen LogP contribution in [0, 0.1) is 69.8 Å². The van der Waals surface area contributed by atoms with E-state index in [9.17, 15) is 77.9 Å². The second-order valence-corrected chi connectivity index (χ2v) is 13.6. The molecule has 0 fully saturated rings. The molecule has 0 spiro atoms. The van der Waals surface area contributed by atoms with Gasteiger partial charge in [0, 0.05) is 19.6 Å². The highest BCUT2D eigenvalue weighted by molar-refractivity contribution is 7.86. The topological polar surface area (TPSA) is 194 Å². The lowest BCUT2D eigenvalue weighted by molar-refractivity contribution is 0.141. The summed E-state index contributed by atoms with van der Waals surface area (Å²) in [4.78, 5) is -6.60. The average Bonchev–Trinajstić information content (AvgIpc) is 3.00. The van der Waals surface area contributed by atoms with Crippen LogP contribution in [0.2, 0.25) is 0 Å². The summed E-state index contributed by atoms with van der Waals surface area (Å²) in [6.45, 7) is -6.04. The number of hydrogen-bond acceptors (Lipinski definition) is 10. The molecule has 0 radical (unpaired) electrons. The first-order valence-electron chi connectivity index (χ1n) is 12.9. The number of ether oxygens (including phenoxy) is 3. The largest absolute Gasteiger partial charge is 0.486 e. The zero-order chi connectivity index (χ0) is 39.8. The van der Waals surface area contributed by atoms with Crippen LogP contribution < -0.4 is 14.2 Å². The van der Waals surface area contributed by atoms with Crippen LogP contribution in [0.3, 0.4) is 0 Å². The zero-order valence-electron chi connectivity index (χ0n) is 24.5. The summed E-state index contributed by atoms with van der Waals surface area (Å²) in [6, 6.07) is 0. The van der Waals surface area contributed by atoms with Crippen LogP contribution in [0.25, 0.3) is 0 Å². The van der Waals surface area contributed by atoms with Crippen molar-refractivity contribution >= 4 is 30.4 Å². The van der Waals surface area contributed by atoms with Crippen molar-refractivity contribution in [3.05, 3.63) is 69.8 Å². The van der Waals surface area contributed by atoms with E-state index in [2.05, 4.69) is 14.2 Å². The Kier molecular flexibility index (Phi) is 12.6. The zero-order valence-corrected chi connectivity index (χ0v) is 26.9. The summed E-state index contributed by atoms with van der Waals surface area (Å²) in [6.07, 6.45) is 0. The summed E-state index contributed by atoms with van der Waals surface area (Å²) in [5, 5.41) is 0. The average molecular weight is 834 g/mol. The first kappa shape index (κ1) is 42.3. The SMILES string of the molecule is O=S(=O)(O)c1c(F)c(F)c(OCCN(CCOc2c(F)c(F)c(S(=O)(=O)O)c(F)c2F)CCOc2c(F)c(F)c(S(=O)(=O)O)c(F)c2F)c(F)c1F. The Bertz CT molecular complexity index is 1920. The fourth-order valence-corrected chi connectivity index (χ4v) is 5.90. The molecule has 0 amide bonds. The van der Waals surface area contributed by atoms with Crippen LogP contribution in [0.5, 0.6) is 17.2 Å². The van der Waals surface area contributed by atoms with Crippen LogP contribution in [-0.2, 0) is 30.4 Å². The normalized spacial score (nSPS) is 12.5. The van der Waals surface area contributed by atoms with Crippen molar-refractivity contribution in [2.45, 2.75) is 14.7 Å². The maximum Gasteiger partial charge on any atom is 0.300 e. The molecule has 3 N–H and O–H groups in total. The molecule has 0 aromatic heterocycles. The number of benzene rings is 3. The van der Waals surface area contributed by atoms with Gasteiger partial charge in [0.25, 0.3) is 0 Å². The van der Waals surface area contributed by atoms with Crippen molar-refractivity contribution in [2.24, 2.45) is 0 Å². The van der Waals surface area contributed by atoms with Crippen LogP contribution >= 0.6 is 0 Å². The summed E-state index contributed by atoms with van der Waals surface area (Å²) in [5.74, 6) is -36.7. The third-order valence-electron chi connectivity index (χ3n) is 6.28. The fraction of sp³-hybridized carbons (Fsp3) is 0.250. The predicted octanol–water partition coefficient (Wildman–Crippen LogP) is 3.93. The van der Waals surface area contributed by atoms with Gasteiger partial charge in [-0.15, -0.1) is 0 Å². The highest BCUT2D eigenvalue weighted by Crippen LogP contribution is 2.35. The molecule has 13 nitrogen and oxygen atoms in total. The van der Waals surface area contributed by atoms with Crippen molar-refractivity contribution in [2.75, 3.05) is 39.5 Å². The van der Waals surface area contributed by atoms with E-state index < -0.39 is 172 Å². The maximum atomic E-state index is 14.3. The molecule has 0 unspecified atom stereocenters. The van der Waals surface area contributed by atoms with Crippen LogP contribution in [0.1, 0.15) is 0 Å². The Morgan fingerprint density at radius 2 is 0.538 bits per heavy atom. The van der Waals surface area contributed by atoms with Gasteiger partial charge >= 0.3 is 30.4 Å². The van der Waals surface area contributed by atoms with Crippen molar-refractivity contribution in [1.82, 2.24) is 4.90 Å². The van der Waals surface area contributed by atoms with Gasteiger partial charge in [-0.3, -0.25) is 18.6 Å². The molecular formula is C24H15F12NO12S3. The molecule has 3 aromatic carbocycles. The molecule has 0 aliphatic carbocycles. The second-order valence-electron chi connectivity index (χ2n) is 9.55. The molecule has 290 valence electrons. The molecule has 52 heavy (non-hydrogen) atoms.